The van der Waals surface area contributed by atoms with Gasteiger partial charge in [-0.05, 0) is 17.7 Å². The van der Waals surface area contributed by atoms with E-state index in [1.165, 1.54) is 6.07 Å². The van der Waals surface area contributed by atoms with Crippen LogP contribution in [0.3, 0.4) is 0 Å². The van der Waals surface area contributed by atoms with E-state index in [2.05, 4.69) is 0 Å². The standard InChI is InChI=1S/C13H14F3NO/c1-8(7-18)9-6-17(2)11-5-3-4-10(12(9)11)13(14,15)16/h3-6,8,18H,7H2,1-2H3. The molecule has 0 spiro atoms. The lowest BCUT2D eigenvalue weighted by Crippen LogP contribution is -2.07. The Morgan fingerprint density at radius 3 is 2.56 bits per heavy atom. The molecule has 0 amide bonds. The third-order valence-electron chi connectivity index (χ3n) is 3.15. The van der Waals surface area contributed by atoms with Crippen molar-refractivity contribution in [3.05, 3.63) is 35.5 Å². The second-order valence-electron chi connectivity index (χ2n) is 4.48. The zero-order valence-corrected chi connectivity index (χ0v) is 10.1. The van der Waals surface area contributed by atoms with E-state index in [1.807, 2.05) is 0 Å². The van der Waals surface area contributed by atoms with E-state index in [0.29, 0.717) is 11.1 Å². The summed E-state index contributed by atoms with van der Waals surface area (Å²) in [6.07, 6.45) is -2.73. The number of aliphatic hydroxyl groups is 1. The van der Waals surface area contributed by atoms with Crippen molar-refractivity contribution in [2.75, 3.05) is 6.61 Å². The Balaban J connectivity index is 2.81. The Hall–Kier alpha value is -1.49. The number of rotatable bonds is 2. The van der Waals surface area contributed by atoms with E-state index in [1.54, 1.807) is 30.8 Å². The van der Waals surface area contributed by atoms with Gasteiger partial charge in [0.2, 0.25) is 0 Å². The quantitative estimate of drug-likeness (QED) is 0.877. The largest absolute Gasteiger partial charge is 0.417 e. The van der Waals surface area contributed by atoms with Crippen molar-refractivity contribution >= 4 is 10.9 Å². The summed E-state index contributed by atoms with van der Waals surface area (Å²) in [6, 6.07) is 4.13. The van der Waals surface area contributed by atoms with Crippen molar-refractivity contribution in [1.82, 2.24) is 4.57 Å². The van der Waals surface area contributed by atoms with Gasteiger partial charge in [0.25, 0.3) is 0 Å². The average molecular weight is 257 g/mol. The third-order valence-corrected chi connectivity index (χ3v) is 3.15. The molecule has 1 aromatic carbocycles. The van der Waals surface area contributed by atoms with Gasteiger partial charge in [0.1, 0.15) is 0 Å². The summed E-state index contributed by atoms with van der Waals surface area (Å²) in [7, 11) is 1.70. The van der Waals surface area contributed by atoms with Crippen LogP contribution >= 0.6 is 0 Å². The summed E-state index contributed by atoms with van der Waals surface area (Å²) in [5, 5.41) is 9.35. The molecule has 1 aromatic heterocycles. The predicted molar refractivity (Wildman–Crippen MR) is 63.4 cm³/mol. The molecule has 0 saturated carbocycles. The molecule has 1 atom stereocenters. The molecule has 18 heavy (non-hydrogen) atoms. The Morgan fingerprint density at radius 2 is 2.00 bits per heavy atom. The summed E-state index contributed by atoms with van der Waals surface area (Å²) >= 11 is 0. The van der Waals surface area contributed by atoms with Gasteiger partial charge in [0.05, 0.1) is 5.56 Å². The zero-order valence-electron chi connectivity index (χ0n) is 10.1. The molecule has 0 aliphatic carbocycles. The molecule has 98 valence electrons. The summed E-state index contributed by atoms with van der Waals surface area (Å²) in [4.78, 5) is 0. The maximum Gasteiger partial charge on any atom is 0.417 e. The Bertz CT molecular complexity index is 571. The Morgan fingerprint density at radius 1 is 1.33 bits per heavy atom. The van der Waals surface area contributed by atoms with Gasteiger partial charge in [-0.1, -0.05) is 13.0 Å². The minimum atomic E-state index is -4.38. The predicted octanol–water partition coefficient (Wildman–Crippen LogP) is 3.29. The van der Waals surface area contributed by atoms with Gasteiger partial charge in [-0.2, -0.15) is 13.2 Å². The number of aromatic nitrogens is 1. The molecule has 0 aliphatic rings. The first-order valence-electron chi connectivity index (χ1n) is 5.62. The average Bonchev–Trinajstić information content (AvgIpc) is 2.65. The van der Waals surface area contributed by atoms with E-state index in [-0.39, 0.29) is 17.9 Å². The summed E-state index contributed by atoms with van der Waals surface area (Å²) < 4.78 is 40.7. The number of fused-ring (bicyclic) bond motifs is 1. The molecular weight excluding hydrogens is 243 g/mol. The van der Waals surface area contributed by atoms with Crippen LogP contribution in [0.2, 0.25) is 0 Å². The highest BCUT2D eigenvalue weighted by Gasteiger charge is 2.34. The van der Waals surface area contributed by atoms with Crippen LogP contribution in [0, 0.1) is 0 Å². The van der Waals surface area contributed by atoms with Crippen LogP contribution in [0.5, 0.6) is 0 Å². The fourth-order valence-electron chi connectivity index (χ4n) is 2.19. The first-order chi connectivity index (χ1) is 8.36. The smallest absolute Gasteiger partial charge is 0.396 e. The van der Waals surface area contributed by atoms with Crippen LogP contribution in [0.4, 0.5) is 13.2 Å². The van der Waals surface area contributed by atoms with Gasteiger partial charge < -0.3 is 9.67 Å². The van der Waals surface area contributed by atoms with Crippen LogP contribution < -0.4 is 0 Å². The van der Waals surface area contributed by atoms with Gasteiger partial charge in [-0.3, -0.25) is 0 Å². The molecule has 1 heterocycles. The van der Waals surface area contributed by atoms with Crippen LogP contribution in [-0.2, 0) is 13.2 Å². The molecule has 0 bridgehead atoms. The first-order valence-corrected chi connectivity index (χ1v) is 5.62. The first kappa shape index (κ1) is 13.0. The van der Waals surface area contributed by atoms with E-state index in [0.717, 1.165) is 6.07 Å². The lowest BCUT2D eigenvalue weighted by molar-refractivity contribution is -0.136. The molecule has 0 saturated heterocycles. The number of halogens is 3. The van der Waals surface area contributed by atoms with Crippen LogP contribution in [0.25, 0.3) is 10.9 Å². The molecule has 2 rings (SSSR count). The highest BCUT2D eigenvalue weighted by molar-refractivity contribution is 5.88. The third kappa shape index (κ3) is 1.99. The Kier molecular flexibility index (Phi) is 3.11. The van der Waals surface area contributed by atoms with Crippen molar-refractivity contribution < 1.29 is 18.3 Å². The normalized spacial score (nSPS) is 14.1. The van der Waals surface area contributed by atoms with Crippen LogP contribution in [-0.4, -0.2) is 16.3 Å². The minimum absolute atomic E-state index is 0.175. The second-order valence-corrected chi connectivity index (χ2v) is 4.48. The number of aliphatic hydroxyl groups excluding tert-OH is 1. The van der Waals surface area contributed by atoms with Gasteiger partial charge >= 0.3 is 6.18 Å². The molecule has 0 aliphatic heterocycles. The van der Waals surface area contributed by atoms with E-state index < -0.39 is 11.7 Å². The lowest BCUT2D eigenvalue weighted by Gasteiger charge is -2.12. The van der Waals surface area contributed by atoms with E-state index >= 15 is 0 Å². The van der Waals surface area contributed by atoms with Crippen molar-refractivity contribution in [3.63, 3.8) is 0 Å². The molecule has 2 nitrogen and oxygen atoms in total. The van der Waals surface area contributed by atoms with E-state index in [9.17, 15) is 13.2 Å². The second kappa shape index (κ2) is 4.31. The summed E-state index contributed by atoms with van der Waals surface area (Å²) in [6.45, 7) is 1.53. The summed E-state index contributed by atoms with van der Waals surface area (Å²) in [5.74, 6) is -0.322. The van der Waals surface area contributed by atoms with Crippen molar-refractivity contribution in [2.24, 2.45) is 7.05 Å². The van der Waals surface area contributed by atoms with Crippen molar-refractivity contribution in [2.45, 2.75) is 19.0 Å². The van der Waals surface area contributed by atoms with Crippen LogP contribution in [0.15, 0.2) is 24.4 Å². The molecule has 1 unspecified atom stereocenters. The van der Waals surface area contributed by atoms with Crippen molar-refractivity contribution in [1.29, 1.82) is 0 Å². The number of alkyl halides is 3. The number of hydrogen-bond donors (Lipinski definition) is 1. The minimum Gasteiger partial charge on any atom is -0.396 e. The fourth-order valence-corrected chi connectivity index (χ4v) is 2.19. The highest BCUT2D eigenvalue weighted by Crippen LogP contribution is 2.38. The maximum absolute atomic E-state index is 13.0. The molecule has 5 heteroatoms. The van der Waals surface area contributed by atoms with Gasteiger partial charge in [-0.15, -0.1) is 0 Å². The highest BCUT2D eigenvalue weighted by atomic mass is 19.4. The van der Waals surface area contributed by atoms with Gasteiger partial charge in [-0.25, -0.2) is 0 Å². The van der Waals surface area contributed by atoms with Gasteiger partial charge in [0, 0.05) is 36.7 Å². The topological polar surface area (TPSA) is 25.2 Å². The van der Waals surface area contributed by atoms with Crippen LogP contribution in [0.1, 0.15) is 24.0 Å². The fraction of sp³-hybridized carbons (Fsp3) is 0.385. The molecule has 1 N–H and O–H groups in total. The molecule has 0 fully saturated rings. The van der Waals surface area contributed by atoms with Crippen molar-refractivity contribution in [3.8, 4) is 0 Å². The number of hydrogen-bond acceptors (Lipinski definition) is 1. The molecule has 0 radical (unpaired) electrons. The monoisotopic (exact) mass is 257 g/mol. The van der Waals surface area contributed by atoms with Gasteiger partial charge in [0.15, 0.2) is 0 Å². The number of benzene rings is 1. The maximum atomic E-state index is 13.0. The molecular formula is C13H14F3NO. The number of aryl methyl sites for hydroxylation is 1. The molecule has 2 aromatic rings. The number of nitrogens with zero attached hydrogens (tertiary/aromatic N) is 1. The zero-order chi connectivity index (χ0) is 13.5. The summed E-state index contributed by atoms with van der Waals surface area (Å²) in [5.41, 5.74) is 0.416. The lowest BCUT2D eigenvalue weighted by atomic mass is 9.98. The Labute approximate surface area is 103 Å². The van der Waals surface area contributed by atoms with E-state index in [4.69, 9.17) is 5.11 Å². The SMILES string of the molecule is CC(CO)c1cn(C)c2cccc(C(F)(F)F)c12.